The lowest BCUT2D eigenvalue weighted by Gasteiger charge is -2.39. The standard InChI is InChI=1S/C31H22S/c1-3-11-21(12-4-1)31(22-13-5-2-6-14-22)25-17-9-7-15-23(25)29-26(31)19-20-28-30(29)24-16-8-10-18-27(24)32-28/h1-13,15-20,22H,14H2. The molecule has 0 saturated heterocycles. The maximum Gasteiger partial charge on any atom is 0.0529 e. The minimum Gasteiger partial charge on any atom is -0.135 e. The van der Waals surface area contributed by atoms with Crippen LogP contribution in [-0.2, 0) is 5.41 Å². The van der Waals surface area contributed by atoms with Crippen molar-refractivity contribution in [1.29, 1.82) is 0 Å². The SMILES string of the molecule is C1=CCC(C2(c3ccccc3)c3ccccc3-c3c2ccc2sc4ccccc4c32)C=C1. The maximum atomic E-state index is 2.43. The molecule has 7 rings (SSSR count). The first-order valence-corrected chi connectivity index (χ1v) is 12.1. The molecule has 0 amide bonds. The fourth-order valence-corrected chi connectivity index (χ4v) is 7.26. The lowest BCUT2D eigenvalue weighted by Crippen LogP contribution is -2.35. The zero-order valence-corrected chi connectivity index (χ0v) is 18.5. The Hall–Kier alpha value is -3.42. The molecule has 1 heteroatoms. The summed E-state index contributed by atoms with van der Waals surface area (Å²) in [6.45, 7) is 0. The summed E-state index contributed by atoms with van der Waals surface area (Å²) in [7, 11) is 0. The molecule has 0 fully saturated rings. The fourth-order valence-electron chi connectivity index (χ4n) is 6.14. The Morgan fingerprint density at radius 2 is 1.50 bits per heavy atom. The van der Waals surface area contributed by atoms with Gasteiger partial charge >= 0.3 is 0 Å². The van der Waals surface area contributed by atoms with Crippen molar-refractivity contribution in [3.8, 4) is 11.1 Å². The third-order valence-corrected chi connectivity index (χ3v) is 8.49. The summed E-state index contributed by atoms with van der Waals surface area (Å²) in [5.74, 6) is 0.375. The van der Waals surface area contributed by atoms with Crippen molar-refractivity contribution in [2.45, 2.75) is 11.8 Å². The highest BCUT2D eigenvalue weighted by atomic mass is 32.1. The van der Waals surface area contributed by atoms with E-state index in [0.29, 0.717) is 5.92 Å². The Kier molecular flexibility index (Phi) is 3.86. The Bertz CT molecular complexity index is 1550. The van der Waals surface area contributed by atoms with E-state index in [9.17, 15) is 0 Å². The minimum atomic E-state index is -0.189. The molecule has 152 valence electrons. The highest BCUT2D eigenvalue weighted by Crippen LogP contribution is 2.60. The highest BCUT2D eigenvalue weighted by Gasteiger charge is 2.49. The number of rotatable bonds is 2. The van der Waals surface area contributed by atoms with Gasteiger partial charge in [-0.05, 0) is 52.3 Å². The first-order chi connectivity index (χ1) is 15.9. The van der Waals surface area contributed by atoms with Gasteiger partial charge in [-0.15, -0.1) is 11.3 Å². The second-order valence-corrected chi connectivity index (χ2v) is 9.92. The van der Waals surface area contributed by atoms with Gasteiger partial charge < -0.3 is 0 Å². The predicted octanol–water partition coefficient (Wildman–Crippen LogP) is 8.50. The van der Waals surface area contributed by atoms with Crippen molar-refractivity contribution in [2.75, 3.05) is 0 Å². The average Bonchev–Trinajstić information content (AvgIpc) is 3.39. The van der Waals surface area contributed by atoms with Crippen LogP contribution in [0.5, 0.6) is 0 Å². The molecular formula is C31H22S. The number of hydrogen-bond donors (Lipinski definition) is 0. The van der Waals surface area contributed by atoms with Crippen molar-refractivity contribution < 1.29 is 0 Å². The molecule has 32 heavy (non-hydrogen) atoms. The van der Waals surface area contributed by atoms with Gasteiger partial charge in [-0.3, -0.25) is 0 Å². The van der Waals surface area contributed by atoms with Gasteiger partial charge in [0, 0.05) is 20.2 Å². The van der Waals surface area contributed by atoms with Gasteiger partial charge in [-0.1, -0.05) is 103 Å². The molecule has 0 aliphatic heterocycles. The monoisotopic (exact) mass is 426 g/mol. The van der Waals surface area contributed by atoms with Gasteiger partial charge in [0.1, 0.15) is 0 Å². The topological polar surface area (TPSA) is 0 Å². The molecule has 0 N–H and O–H groups in total. The molecule has 0 saturated carbocycles. The van der Waals surface area contributed by atoms with Gasteiger partial charge in [-0.25, -0.2) is 0 Å². The summed E-state index contributed by atoms with van der Waals surface area (Å²) in [6, 6.07) is 34.0. The van der Waals surface area contributed by atoms with Crippen LogP contribution in [0.15, 0.2) is 115 Å². The Morgan fingerprint density at radius 1 is 0.688 bits per heavy atom. The fraction of sp³-hybridized carbons (Fsp3) is 0.0968. The van der Waals surface area contributed by atoms with Crippen molar-refractivity contribution in [1.82, 2.24) is 0 Å². The van der Waals surface area contributed by atoms with Crippen LogP contribution < -0.4 is 0 Å². The van der Waals surface area contributed by atoms with E-state index in [4.69, 9.17) is 0 Å². The summed E-state index contributed by atoms with van der Waals surface area (Å²) in [4.78, 5) is 0. The number of allylic oxidation sites excluding steroid dienone is 4. The van der Waals surface area contributed by atoms with E-state index in [1.54, 1.807) is 0 Å². The summed E-state index contributed by atoms with van der Waals surface area (Å²) >= 11 is 1.91. The molecule has 4 aromatic carbocycles. The first kappa shape index (κ1) is 18.2. The van der Waals surface area contributed by atoms with E-state index in [2.05, 4.69) is 115 Å². The van der Waals surface area contributed by atoms with Crippen LogP contribution in [0.4, 0.5) is 0 Å². The number of fused-ring (bicyclic) bond motifs is 7. The second kappa shape index (κ2) is 6.79. The normalized spacial score (nSPS) is 21.2. The van der Waals surface area contributed by atoms with Crippen LogP contribution in [-0.4, -0.2) is 0 Å². The van der Waals surface area contributed by atoms with Gasteiger partial charge in [0.2, 0.25) is 0 Å². The van der Waals surface area contributed by atoms with Gasteiger partial charge in [-0.2, -0.15) is 0 Å². The van der Waals surface area contributed by atoms with Crippen LogP contribution >= 0.6 is 11.3 Å². The molecule has 0 radical (unpaired) electrons. The predicted molar refractivity (Wildman–Crippen MR) is 137 cm³/mol. The van der Waals surface area contributed by atoms with Crippen molar-refractivity contribution in [3.05, 3.63) is 132 Å². The number of hydrogen-bond acceptors (Lipinski definition) is 1. The Labute approximate surface area is 192 Å². The molecule has 2 aliphatic carbocycles. The lowest BCUT2D eigenvalue weighted by atomic mass is 9.62. The lowest BCUT2D eigenvalue weighted by molar-refractivity contribution is 0.457. The Morgan fingerprint density at radius 3 is 2.38 bits per heavy atom. The summed E-state index contributed by atoms with van der Waals surface area (Å²) in [6.07, 6.45) is 10.2. The molecule has 1 aromatic heterocycles. The number of thiophene rings is 1. The third kappa shape index (κ3) is 2.27. The third-order valence-electron chi connectivity index (χ3n) is 7.36. The van der Waals surface area contributed by atoms with Crippen LogP contribution in [0.1, 0.15) is 23.1 Å². The van der Waals surface area contributed by atoms with Crippen molar-refractivity contribution in [2.24, 2.45) is 5.92 Å². The summed E-state index contributed by atoms with van der Waals surface area (Å²) < 4.78 is 2.74. The quantitative estimate of drug-likeness (QED) is 0.265. The smallest absolute Gasteiger partial charge is 0.0529 e. The molecule has 0 nitrogen and oxygen atoms in total. The second-order valence-electron chi connectivity index (χ2n) is 8.83. The molecule has 1 heterocycles. The van der Waals surface area contributed by atoms with E-state index in [-0.39, 0.29) is 5.41 Å². The molecule has 2 aliphatic rings. The number of benzene rings is 4. The van der Waals surface area contributed by atoms with Crippen molar-refractivity contribution >= 4 is 31.5 Å². The highest BCUT2D eigenvalue weighted by molar-refractivity contribution is 7.25. The molecule has 2 atom stereocenters. The molecule has 5 aromatic rings. The summed E-state index contributed by atoms with van der Waals surface area (Å²) in [5.41, 5.74) is 6.91. The molecule has 2 unspecified atom stereocenters. The van der Waals surface area contributed by atoms with Crippen LogP contribution in [0.3, 0.4) is 0 Å². The molecule has 0 spiro atoms. The van der Waals surface area contributed by atoms with E-state index < -0.39 is 0 Å². The van der Waals surface area contributed by atoms with E-state index >= 15 is 0 Å². The van der Waals surface area contributed by atoms with E-state index in [0.717, 1.165) is 6.42 Å². The van der Waals surface area contributed by atoms with Gasteiger partial charge in [0.15, 0.2) is 0 Å². The maximum absolute atomic E-state index is 2.43. The minimum absolute atomic E-state index is 0.189. The van der Waals surface area contributed by atoms with Crippen molar-refractivity contribution in [3.63, 3.8) is 0 Å². The van der Waals surface area contributed by atoms with Gasteiger partial charge in [0.05, 0.1) is 5.41 Å². The van der Waals surface area contributed by atoms with Crippen LogP contribution in [0.2, 0.25) is 0 Å². The molecule has 0 bridgehead atoms. The zero-order chi connectivity index (χ0) is 21.1. The first-order valence-electron chi connectivity index (χ1n) is 11.3. The van der Waals surface area contributed by atoms with Gasteiger partial charge in [0.25, 0.3) is 0 Å². The largest absolute Gasteiger partial charge is 0.135 e. The molecular weight excluding hydrogens is 404 g/mol. The van der Waals surface area contributed by atoms with Crippen LogP contribution in [0, 0.1) is 5.92 Å². The zero-order valence-electron chi connectivity index (χ0n) is 17.7. The Balaban J connectivity index is 1.69. The average molecular weight is 427 g/mol. The summed E-state index contributed by atoms with van der Waals surface area (Å²) in [5, 5.41) is 2.80. The van der Waals surface area contributed by atoms with E-state index in [1.165, 1.54) is 48.0 Å². The van der Waals surface area contributed by atoms with Crippen LogP contribution in [0.25, 0.3) is 31.3 Å². The van der Waals surface area contributed by atoms with E-state index in [1.807, 2.05) is 11.3 Å².